The number of hydrogen-bond donors (Lipinski definition) is 2. The van der Waals surface area contributed by atoms with Gasteiger partial charge in [0.15, 0.2) is 5.96 Å². The average molecular weight is 534 g/mol. The molecule has 0 aliphatic carbocycles. The van der Waals surface area contributed by atoms with Gasteiger partial charge in [0, 0.05) is 35.7 Å². The van der Waals surface area contributed by atoms with Gasteiger partial charge in [-0.15, -0.1) is 35.3 Å². The van der Waals surface area contributed by atoms with Crippen molar-refractivity contribution in [3.63, 3.8) is 0 Å². The van der Waals surface area contributed by atoms with Crippen LogP contribution in [0, 0.1) is 13.8 Å². The van der Waals surface area contributed by atoms with Gasteiger partial charge in [-0.25, -0.2) is 9.98 Å². The number of hydrogen-bond acceptors (Lipinski definition) is 6. The summed E-state index contributed by atoms with van der Waals surface area (Å²) in [5.41, 5.74) is 2.06. The summed E-state index contributed by atoms with van der Waals surface area (Å²) in [5, 5.41) is 7.65. The molecule has 7 nitrogen and oxygen atoms in total. The van der Waals surface area contributed by atoms with E-state index < -0.39 is 0 Å². The summed E-state index contributed by atoms with van der Waals surface area (Å²) >= 11 is 1.69. The van der Waals surface area contributed by atoms with Crippen molar-refractivity contribution in [2.45, 2.75) is 33.7 Å². The first-order chi connectivity index (χ1) is 13.5. The van der Waals surface area contributed by atoms with Crippen LogP contribution in [0.5, 0.6) is 17.2 Å². The number of rotatable bonds is 9. The number of aliphatic imine (C=N–C) groups is 1. The van der Waals surface area contributed by atoms with E-state index in [2.05, 4.69) is 27.5 Å². The summed E-state index contributed by atoms with van der Waals surface area (Å²) in [6, 6.07) is 3.73. The molecule has 0 spiro atoms. The summed E-state index contributed by atoms with van der Waals surface area (Å²) in [5.74, 6) is 2.95. The van der Waals surface area contributed by atoms with Crippen LogP contribution in [0.1, 0.15) is 28.1 Å². The summed E-state index contributed by atoms with van der Waals surface area (Å²) in [4.78, 5) is 10.4. The topological polar surface area (TPSA) is 77.0 Å². The fourth-order valence-electron chi connectivity index (χ4n) is 2.73. The normalized spacial score (nSPS) is 10.9. The van der Waals surface area contributed by atoms with E-state index in [9.17, 15) is 0 Å². The molecule has 0 aliphatic rings. The van der Waals surface area contributed by atoms with Gasteiger partial charge in [-0.1, -0.05) is 0 Å². The third-order valence-electron chi connectivity index (χ3n) is 4.27. The molecule has 1 aromatic carbocycles. The van der Waals surface area contributed by atoms with Gasteiger partial charge in [0.25, 0.3) is 0 Å². The summed E-state index contributed by atoms with van der Waals surface area (Å²) in [6.45, 7) is 8.18. The van der Waals surface area contributed by atoms with Crippen molar-refractivity contribution >= 4 is 41.3 Å². The molecule has 2 rings (SSSR count). The van der Waals surface area contributed by atoms with Gasteiger partial charge in [0.05, 0.1) is 33.6 Å². The molecule has 29 heavy (non-hydrogen) atoms. The highest BCUT2D eigenvalue weighted by Gasteiger charge is 2.13. The number of guanidine groups is 1. The van der Waals surface area contributed by atoms with Crippen LogP contribution in [0.2, 0.25) is 0 Å². The Hall–Kier alpha value is -1.75. The zero-order valence-electron chi connectivity index (χ0n) is 17.9. The molecule has 9 heteroatoms. The van der Waals surface area contributed by atoms with Crippen LogP contribution in [0.15, 0.2) is 17.1 Å². The molecular formula is C20H31IN4O3S. The van der Waals surface area contributed by atoms with Crippen LogP contribution < -0.4 is 24.8 Å². The lowest BCUT2D eigenvalue weighted by Gasteiger charge is -2.16. The monoisotopic (exact) mass is 534 g/mol. The summed E-state index contributed by atoms with van der Waals surface area (Å²) in [6.07, 6.45) is 0.718. The highest BCUT2D eigenvalue weighted by Crippen LogP contribution is 2.34. The SMILES string of the molecule is CCNC(=NCc1nc(C)c(C)s1)NCCc1c(OC)cc(OC)cc1OC.I. The van der Waals surface area contributed by atoms with E-state index in [1.165, 1.54) is 4.88 Å². The number of nitrogens with one attached hydrogen (secondary N) is 2. The van der Waals surface area contributed by atoms with Gasteiger partial charge >= 0.3 is 0 Å². The van der Waals surface area contributed by atoms with Gasteiger partial charge < -0.3 is 24.8 Å². The Morgan fingerprint density at radius 2 is 1.72 bits per heavy atom. The Labute approximate surface area is 194 Å². The molecule has 0 saturated heterocycles. The second-order valence-electron chi connectivity index (χ2n) is 6.13. The lowest BCUT2D eigenvalue weighted by Crippen LogP contribution is -2.38. The van der Waals surface area contributed by atoms with Crippen LogP contribution in [0.3, 0.4) is 0 Å². The second-order valence-corrected chi connectivity index (χ2v) is 7.42. The van der Waals surface area contributed by atoms with Gasteiger partial charge in [-0.3, -0.25) is 0 Å². The fourth-order valence-corrected chi connectivity index (χ4v) is 3.58. The van der Waals surface area contributed by atoms with Crippen molar-refractivity contribution in [1.82, 2.24) is 15.6 Å². The predicted octanol–water partition coefficient (Wildman–Crippen LogP) is 3.70. The van der Waals surface area contributed by atoms with Crippen molar-refractivity contribution in [3.05, 3.63) is 33.3 Å². The lowest BCUT2D eigenvalue weighted by molar-refractivity contribution is 0.368. The molecule has 0 fully saturated rings. The Morgan fingerprint density at radius 1 is 1.07 bits per heavy atom. The van der Waals surface area contributed by atoms with Crippen molar-refractivity contribution in [3.8, 4) is 17.2 Å². The Morgan fingerprint density at radius 3 is 2.21 bits per heavy atom. The van der Waals surface area contributed by atoms with E-state index in [0.29, 0.717) is 18.8 Å². The van der Waals surface area contributed by atoms with E-state index >= 15 is 0 Å². The third kappa shape index (κ3) is 7.22. The Bertz CT molecular complexity index is 767. The Balaban J connectivity index is 0.00000420. The van der Waals surface area contributed by atoms with E-state index in [-0.39, 0.29) is 24.0 Å². The number of ether oxygens (including phenoxy) is 3. The molecule has 2 aromatic rings. The largest absolute Gasteiger partial charge is 0.496 e. The van der Waals surface area contributed by atoms with Crippen molar-refractivity contribution < 1.29 is 14.2 Å². The second kappa shape index (κ2) is 12.7. The first kappa shape index (κ1) is 25.3. The predicted molar refractivity (Wildman–Crippen MR) is 130 cm³/mol. The smallest absolute Gasteiger partial charge is 0.191 e. The number of thiazole rings is 1. The maximum absolute atomic E-state index is 5.51. The number of benzene rings is 1. The van der Waals surface area contributed by atoms with Crippen LogP contribution in [-0.2, 0) is 13.0 Å². The van der Waals surface area contributed by atoms with Crippen molar-refractivity contribution in [2.24, 2.45) is 4.99 Å². The molecule has 0 aliphatic heterocycles. The number of aryl methyl sites for hydroxylation is 2. The molecular weight excluding hydrogens is 503 g/mol. The molecule has 0 unspecified atom stereocenters. The zero-order valence-corrected chi connectivity index (χ0v) is 21.1. The van der Waals surface area contributed by atoms with Crippen LogP contribution in [0.4, 0.5) is 0 Å². The van der Waals surface area contributed by atoms with Crippen LogP contribution in [-0.4, -0.2) is 45.4 Å². The quantitative estimate of drug-likeness (QED) is 0.290. The molecule has 0 bridgehead atoms. The van der Waals surface area contributed by atoms with E-state index in [4.69, 9.17) is 14.2 Å². The lowest BCUT2D eigenvalue weighted by atomic mass is 10.1. The zero-order chi connectivity index (χ0) is 20.5. The average Bonchev–Trinajstić information content (AvgIpc) is 3.03. The maximum Gasteiger partial charge on any atom is 0.191 e. The fraction of sp³-hybridized carbons (Fsp3) is 0.500. The first-order valence-electron chi connectivity index (χ1n) is 9.26. The van der Waals surface area contributed by atoms with Gasteiger partial charge in [0.2, 0.25) is 0 Å². The molecule has 0 atom stereocenters. The molecule has 2 N–H and O–H groups in total. The minimum atomic E-state index is 0. The van der Waals surface area contributed by atoms with Gasteiger partial charge in [-0.05, 0) is 27.2 Å². The van der Waals surface area contributed by atoms with Crippen LogP contribution >= 0.6 is 35.3 Å². The van der Waals surface area contributed by atoms with Crippen molar-refractivity contribution in [1.29, 1.82) is 0 Å². The molecule has 1 heterocycles. The first-order valence-corrected chi connectivity index (χ1v) is 10.1. The Kier molecular flexibility index (Phi) is 11.1. The molecule has 0 amide bonds. The molecule has 0 saturated carbocycles. The highest BCUT2D eigenvalue weighted by atomic mass is 127. The van der Waals surface area contributed by atoms with Crippen LogP contribution in [0.25, 0.3) is 0 Å². The van der Waals surface area contributed by atoms with Gasteiger partial charge in [-0.2, -0.15) is 0 Å². The maximum atomic E-state index is 5.51. The van der Waals surface area contributed by atoms with E-state index in [1.807, 2.05) is 26.0 Å². The minimum absolute atomic E-state index is 0. The third-order valence-corrected chi connectivity index (χ3v) is 5.33. The number of halogens is 1. The minimum Gasteiger partial charge on any atom is -0.496 e. The van der Waals surface area contributed by atoms with E-state index in [1.54, 1.807) is 32.7 Å². The number of nitrogens with zero attached hydrogens (tertiary/aromatic N) is 2. The summed E-state index contributed by atoms with van der Waals surface area (Å²) in [7, 11) is 4.92. The molecule has 1 aromatic heterocycles. The number of aromatic nitrogens is 1. The van der Waals surface area contributed by atoms with Gasteiger partial charge in [0.1, 0.15) is 22.3 Å². The highest BCUT2D eigenvalue weighted by molar-refractivity contribution is 14.0. The number of methoxy groups -OCH3 is 3. The van der Waals surface area contributed by atoms with E-state index in [0.717, 1.165) is 46.7 Å². The standard InChI is InChI=1S/C20H30N4O3S.HI/c1-7-21-20(23-12-19-24-13(2)14(3)28-19)22-9-8-16-17(26-5)10-15(25-4)11-18(16)27-6;/h10-11H,7-9,12H2,1-6H3,(H2,21,22,23);1H. The van der Waals surface area contributed by atoms with Crippen molar-refractivity contribution in [2.75, 3.05) is 34.4 Å². The molecule has 162 valence electrons. The molecule has 0 radical (unpaired) electrons. The summed E-state index contributed by atoms with van der Waals surface area (Å²) < 4.78 is 16.3.